The van der Waals surface area contributed by atoms with Crippen LogP contribution in [0, 0.1) is 11.8 Å². The van der Waals surface area contributed by atoms with Crippen molar-refractivity contribution in [3.05, 3.63) is 66.0 Å². The first-order valence-electron chi connectivity index (χ1n) is 4.65. The van der Waals surface area contributed by atoms with Crippen molar-refractivity contribution < 1.29 is 13.3 Å². The van der Waals surface area contributed by atoms with Crippen molar-refractivity contribution in [3.63, 3.8) is 0 Å². The summed E-state index contributed by atoms with van der Waals surface area (Å²) in [5.41, 5.74) is 0.937. The van der Waals surface area contributed by atoms with Crippen LogP contribution < -0.4 is 4.57 Å². The Balaban J connectivity index is 2.29. The van der Waals surface area contributed by atoms with Gasteiger partial charge in [0.2, 0.25) is 5.82 Å². The van der Waals surface area contributed by atoms with Crippen molar-refractivity contribution in [1.29, 1.82) is 0 Å². The number of nitrogens with zero attached hydrogens (tertiary/aromatic N) is 1. The molecule has 15 heavy (non-hydrogen) atoms. The minimum Gasteiger partial charge on any atom is -0.197 e. The zero-order chi connectivity index (χ0) is 10.7. The Kier molecular flexibility index (Phi) is 2.72. The molecule has 0 amide bonds. The lowest BCUT2D eigenvalue weighted by Gasteiger charge is -1.98. The second-order valence-electron chi connectivity index (χ2n) is 3.26. The van der Waals surface area contributed by atoms with Crippen LogP contribution in [0.1, 0.15) is 5.56 Å². The number of aromatic nitrogens is 1. The first-order valence-corrected chi connectivity index (χ1v) is 4.65. The molecule has 0 spiro atoms. The predicted molar refractivity (Wildman–Crippen MR) is 52.1 cm³/mol. The van der Waals surface area contributed by atoms with E-state index in [1.807, 2.05) is 30.3 Å². The third kappa shape index (κ3) is 2.18. The van der Waals surface area contributed by atoms with E-state index in [0.717, 1.165) is 11.6 Å². The number of halogens is 2. The average molecular weight is 206 g/mol. The smallest absolute Gasteiger partial charge is 0.197 e. The van der Waals surface area contributed by atoms with E-state index >= 15 is 0 Å². The van der Waals surface area contributed by atoms with E-state index < -0.39 is 11.8 Å². The summed E-state index contributed by atoms with van der Waals surface area (Å²) < 4.78 is 27.4. The number of pyridine rings is 1. The molecule has 0 atom stereocenters. The number of hydrogen-bond acceptors (Lipinski definition) is 0. The zero-order valence-corrected chi connectivity index (χ0v) is 8.03. The maximum absolute atomic E-state index is 13.3. The van der Waals surface area contributed by atoms with E-state index in [1.54, 1.807) is 0 Å². The molecule has 0 saturated carbocycles. The Hall–Kier alpha value is -1.77. The SMILES string of the molecule is Fc1ccc[n+](Cc2ccccc2)c1F. The topological polar surface area (TPSA) is 3.88 Å². The van der Waals surface area contributed by atoms with Crippen LogP contribution in [-0.4, -0.2) is 0 Å². The average Bonchev–Trinajstić information content (AvgIpc) is 2.26. The minimum atomic E-state index is -0.832. The Labute approximate surface area is 86.6 Å². The first-order chi connectivity index (χ1) is 7.27. The van der Waals surface area contributed by atoms with Crippen LogP contribution in [0.2, 0.25) is 0 Å². The molecule has 0 N–H and O–H groups in total. The molecule has 1 nitrogen and oxygen atoms in total. The zero-order valence-electron chi connectivity index (χ0n) is 8.03. The summed E-state index contributed by atoms with van der Waals surface area (Å²) in [4.78, 5) is 0. The van der Waals surface area contributed by atoms with Crippen LogP contribution in [0.15, 0.2) is 48.7 Å². The van der Waals surface area contributed by atoms with E-state index in [9.17, 15) is 8.78 Å². The van der Waals surface area contributed by atoms with Crippen molar-refractivity contribution >= 4 is 0 Å². The molecule has 76 valence electrons. The fourth-order valence-electron chi connectivity index (χ4n) is 1.41. The molecule has 0 radical (unpaired) electrons. The molecule has 0 bridgehead atoms. The summed E-state index contributed by atoms with van der Waals surface area (Å²) >= 11 is 0. The van der Waals surface area contributed by atoms with Gasteiger partial charge in [0.1, 0.15) is 0 Å². The molecule has 0 unspecified atom stereocenters. The van der Waals surface area contributed by atoms with Crippen molar-refractivity contribution in [3.8, 4) is 0 Å². The molecule has 0 aliphatic carbocycles. The van der Waals surface area contributed by atoms with Crippen LogP contribution in [0.4, 0.5) is 8.78 Å². The van der Waals surface area contributed by atoms with Gasteiger partial charge >= 0.3 is 5.95 Å². The summed E-state index contributed by atoms with van der Waals surface area (Å²) in [5.74, 6) is -1.66. The maximum atomic E-state index is 13.3. The van der Waals surface area contributed by atoms with Gasteiger partial charge in [0.15, 0.2) is 12.7 Å². The fourth-order valence-corrected chi connectivity index (χ4v) is 1.41. The van der Waals surface area contributed by atoms with Gasteiger partial charge in [0, 0.05) is 11.6 Å². The Bertz CT molecular complexity index is 454. The van der Waals surface area contributed by atoms with Gasteiger partial charge in [0.25, 0.3) is 0 Å². The van der Waals surface area contributed by atoms with Gasteiger partial charge in [-0.3, -0.25) is 0 Å². The highest BCUT2D eigenvalue weighted by Crippen LogP contribution is 2.01. The van der Waals surface area contributed by atoms with Gasteiger partial charge in [-0.05, 0) is 6.07 Å². The molecule has 0 fully saturated rings. The van der Waals surface area contributed by atoms with Crippen LogP contribution >= 0.6 is 0 Å². The van der Waals surface area contributed by atoms with Gasteiger partial charge in [0.05, 0.1) is 0 Å². The quantitative estimate of drug-likeness (QED) is 0.524. The van der Waals surface area contributed by atoms with Crippen molar-refractivity contribution in [1.82, 2.24) is 0 Å². The Morgan fingerprint density at radius 3 is 2.40 bits per heavy atom. The minimum absolute atomic E-state index is 0.338. The number of benzene rings is 1. The highest BCUT2D eigenvalue weighted by Gasteiger charge is 2.15. The van der Waals surface area contributed by atoms with Crippen molar-refractivity contribution in [2.45, 2.75) is 6.54 Å². The lowest BCUT2D eigenvalue weighted by Crippen LogP contribution is -2.39. The van der Waals surface area contributed by atoms with Crippen LogP contribution in [0.25, 0.3) is 0 Å². The Morgan fingerprint density at radius 1 is 0.933 bits per heavy atom. The fraction of sp³-hybridized carbons (Fsp3) is 0.0833. The van der Waals surface area contributed by atoms with Gasteiger partial charge in [-0.25, -0.2) is 0 Å². The molecular formula is C12H10F2N+. The molecule has 1 aromatic carbocycles. The summed E-state index contributed by atoms with van der Waals surface area (Å²) in [6, 6.07) is 12.0. The highest BCUT2D eigenvalue weighted by atomic mass is 19.2. The molecule has 0 aliphatic rings. The van der Waals surface area contributed by atoms with Crippen LogP contribution in [-0.2, 0) is 6.54 Å². The summed E-state index contributed by atoms with van der Waals surface area (Å²) in [7, 11) is 0. The van der Waals surface area contributed by atoms with Gasteiger partial charge in [-0.1, -0.05) is 30.3 Å². The van der Waals surface area contributed by atoms with Crippen molar-refractivity contribution in [2.75, 3.05) is 0 Å². The molecule has 1 heterocycles. The van der Waals surface area contributed by atoms with Gasteiger partial charge < -0.3 is 0 Å². The van der Waals surface area contributed by atoms with Crippen LogP contribution in [0.5, 0.6) is 0 Å². The van der Waals surface area contributed by atoms with E-state index in [4.69, 9.17) is 0 Å². The molecule has 0 saturated heterocycles. The lowest BCUT2D eigenvalue weighted by molar-refractivity contribution is -0.717. The normalized spacial score (nSPS) is 10.3. The molecule has 1 aromatic heterocycles. The number of rotatable bonds is 2. The Morgan fingerprint density at radius 2 is 1.67 bits per heavy atom. The summed E-state index contributed by atoms with van der Waals surface area (Å²) in [6.45, 7) is 0.338. The number of hydrogen-bond donors (Lipinski definition) is 0. The van der Waals surface area contributed by atoms with Gasteiger partial charge in [-0.15, -0.1) is 4.39 Å². The largest absolute Gasteiger partial charge is 0.396 e. The second kappa shape index (κ2) is 4.17. The third-order valence-electron chi connectivity index (χ3n) is 2.15. The molecule has 3 heteroatoms. The molecule has 2 rings (SSSR count). The first kappa shape index (κ1) is 9.77. The monoisotopic (exact) mass is 206 g/mol. The van der Waals surface area contributed by atoms with Gasteiger partial charge in [-0.2, -0.15) is 8.96 Å². The van der Waals surface area contributed by atoms with E-state index in [2.05, 4.69) is 0 Å². The van der Waals surface area contributed by atoms with E-state index in [0.29, 0.717) is 6.54 Å². The van der Waals surface area contributed by atoms with Crippen LogP contribution in [0.3, 0.4) is 0 Å². The maximum Gasteiger partial charge on any atom is 0.396 e. The summed E-state index contributed by atoms with van der Waals surface area (Å²) in [6.07, 6.45) is 1.52. The molecule has 2 aromatic rings. The lowest BCUT2D eigenvalue weighted by atomic mass is 10.2. The molecule has 0 aliphatic heterocycles. The van der Waals surface area contributed by atoms with E-state index in [1.165, 1.54) is 16.8 Å². The molecular weight excluding hydrogens is 196 g/mol. The highest BCUT2D eigenvalue weighted by molar-refractivity contribution is 5.13. The second-order valence-corrected chi connectivity index (χ2v) is 3.26. The van der Waals surface area contributed by atoms with E-state index in [-0.39, 0.29) is 0 Å². The third-order valence-corrected chi connectivity index (χ3v) is 2.15. The standard InChI is InChI=1S/C12H10F2N/c13-11-7-4-8-15(12(11)14)9-10-5-2-1-3-6-10/h1-8H,9H2/q+1. The summed E-state index contributed by atoms with van der Waals surface area (Å²) in [5, 5.41) is 0. The van der Waals surface area contributed by atoms with Crippen molar-refractivity contribution in [2.24, 2.45) is 0 Å². The predicted octanol–water partition coefficient (Wildman–Crippen LogP) is 2.30.